The van der Waals surface area contributed by atoms with E-state index in [1.165, 1.54) is 12.3 Å². The Morgan fingerprint density at radius 1 is 1.24 bits per heavy atom. The van der Waals surface area contributed by atoms with Crippen molar-refractivity contribution in [3.8, 4) is 11.1 Å². The molecule has 1 aromatic heterocycles. The fourth-order valence-electron chi connectivity index (χ4n) is 1.77. The standard InChI is InChI=1S/C14H15FN2/c1-2-16-8-11-5-3-4-6-14(11)12-7-13(15)10-17-9-12/h3-7,9-10,16H,2,8H2,1H3. The molecule has 0 aliphatic rings. The molecule has 0 saturated carbocycles. The molecule has 1 aromatic carbocycles. The lowest BCUT2D eigenvalue weighted by Crippen LogP contribution is -2.12. The van der Waals surface area contributed by atoms with Gasteiger partial charge < -0.3 is 5.32 Å². The Labute approximate surface area is 101 Å². The fraction of sp³-hybridized carbons (Fsp3) is 0.214. The summed E-state index contributed by atoms with van der Waals surface area (Å²) in [7, 11) is 0. The second-order valence-corrected chi connectivity index (χ2v) is 3.83. The van der Waals surface area contributed by atoms with Crippen LogP contribution in [0.4, 0.5) is 4.39 Å². The van der Waals surface area contributed by atoms with Gasteiger partial charge in [-0.25, -0.2) is 4.39 Å². The molecule has 0 fully saturated rings. The summed E-state index contributed by atoms with van der Waals surface area (Å²) in [6.07, 6.45) is 2.91. The quantitative estimate of drug-likeness (QED) is 0.873. The summed E-state index contributed by atoms with van der Waals surface area (Å²) in [5.74, 6) is -0.305. The first-order valence-electron chi connectivity index (χ1n) is 5.71. The van der Waals surface area contributed by atoms with E-state index in [0.717, 1.165) is 29.8 Å². The van der Waals surface area contributed by atoms with Gasteiger partial charge in [0.15, 0.2) is 0 Å². The molecule has 0 radical (unpaired) electrons. The fourth-order valence-corrected chi connectivity index (χ4v) is 1.77. The molecule has 0 atom stereocenters. The van der Waals surface area contributed by atoms with Gasteiger partial charge in [0, 0.05) is 18.3 Å². The molecule has 0 unspecified atom stereocenters. The number of hydrogen-bond donors (Lipinski definition) is 1. The molecule has 0 aliphatic carbocycles. The van der Waals surface area contributed by atoms with Gasteiger partial charge in [0.1, 0.15) is 5.82 Å². The minimum absolute atomic E-state index is 0.305. The average molecular weight is 230 g/mol. The van der Waals surface area contributed by atoms with Gasteiger partial charge in [0.2, 0.25) is 0 Å². The third kappa shape index (κ3) is 2.88. The third-order valence-corrected chi connectivity index (χ3v) is 2.60. The second-order valence-electron chi connectivity index (χ2n) is 3.83. The number of aromatic nitrogens is 1. The molecule has 88 valence electrons. The normalized spacial score (nSPS) is 10.5. The highest BCUT2D eigenvalue weighted by molar-refractivity contribution is 5.66. The zero-order valence-electron chi connectivity index (χ0n) is 9.78. The van der Waals surface area contributed by atoms with Gasteiger partial charge in [-0.15, -0.1) is 0 Å². The van der Waals surface area contributed by atoms with Crippen LogP contribution in [0.2, 0.25) is 0 Å². The molecular weight excluding hydrogens is 215 g/mol. The van der Waals surface area contributed by atoms with Crippen LogP contribution >= 0.6 is 0 Å². The smallest absolute Gasteiger partial charge is 0.142 e. The van der Waals surface area contributed by atoms with Crippen LogP contribution in [0.15, 0.2) is 42.7 Å². The van der Waals surface area contributed by atoms with Crippen molar-refractivity contribution in [2.24, 2.45) is 0 Å². The van der Waals surface area contributed by atoms with Crippen molar-refractivity contribution in [1.29, 1.82) is 0 Å². The first-order valence-corrected chi connectivity index (χ1v) is 5.71. The molecule has 1 N–H and O–H groups in total. The van der Waals surface area contributed by atoms with Crippen LogP contribution in [0.5, 0.6) is 0 Å². The lowest BCUT2D eigenvalue weighted by Gasteiger charge is -2.09. The Hall–Kier alpha value is -1.74. The third-order valence-electron chi connectivity index (χ3n) is 2.60. The van der Waals surface area contributed by atoms with Crippen molar-refractivity contribution in [3.63, 3.8) is 0 Å². The predicted octanol–water partition coefficient (Wildman–Crippen LogP) is 3.00. The number of halogens is 1. The van der Waals surface area contributed by atoms with Gasteiger partial charge in [0.25, 0.3) is 0 Å². The van der Waals surface area contributed by atoms with E-state index in [2.05, 4.69) is 17.2 Å². The van der Waals surface area contributed by atoms with Gasteiger partial charge in [-0.2, -0.15) is 0 Å². The maximum Gasteiger partial charge on any atom is 0.142 e. The Morgan fingerprint density at radius 3 is 2.82 bits per heavy atom. The monoisotopic (exact) mass is 230 g/mol. The summed E-state index contributed by atoms with van der Waals surface area (Å²) in [5, 5.41) is 3.28. The largest absolute Gasteiger partial charge is 0.313 e. The molecule has 0 spiro atoms. The maximum absolute atomic E-state index is 13.2. The summed E-state index contributed by atoms with van der Waals surface area (Å²) < 4.78 is 13.2. The van der Waals surface area contributed by atoms with Gasteiger partial charge in [0.05, 0.1) is 6.20 Å². The minimum Gasteiger partial charge on any atom is -0.313 e. The molecule has 2 rings (SSSR count). The first-order chi connectivity index (χ1) is 8.31. The van der Waals surface area contributed by atoms with Crippen molar-refractivity contribution in [3.05, 3.63) is 54.1 Å². The molecule has 0 saturated heterocycles. The highest BCUT2D eigenvalue weighted by atomic mass is 19.1. The Kier molecular flexibility index (Phi) is 3.83. The summed E-state index contributed by atoms with van der Waals surface area (Å²) in [5.41, 5.74) is 3.00. The summed E-state index contributed by atoms with van der Waals surface area (Å²) in [4.78, 5) is 3.89. The molecular formula is C14H15FN2. The second kappa shape index (κ2) is 5.55. The van der Waals surface area contributed by atoms with Crippen molar-refractivity contribution in [1.82, 2.24) is 10.3 Å². The van der Waals surface area contributed by atoms with Crippen molar-refractivity contribution in [2.75, 3.05) is 6.54 Å². The van der Waals surface area contributed by atoms with Crippen LogP contribution in [-0.2, 0) is 6.54 Å². The minimum atomic E-state index is -0.305. The molecule has 2 aromatic rings. The van der Waals surface area contributed by atoms with E-state index in [1.54, 1.807) is 6.20 Å². The van der Waals surface area contributed by atoms with E-state index >= 15 is 0 Å². The highest BCUT2D eigenvalue weighted by Crippen LogP contribution is 2.23. The number of rotatable bonds is 4. The van der Waals surface area contributed by atoms with E-state index < -0.39 is 0 Å². The predicted molar refractivity (Wildman–Crippen MR) is 67.0 cm³/mol. The molecule has 0 aliphatic heterocycles. The summed E-state index contributed by atoms with van der Waals surface area (Å²) >= 11 is 0. The van der Waals surface area contributed by atoms with Crippen LogP contribution in [0.25, 0.3) is 11.1 Å². The Bertz CT molecular complexity index is 497. The molecule has 1 heterocycles. The molecule has 0 bridgehead atoms. The Morgan fingerprint density at radius 2 is 2.06 bits per heavy atom. The zero-order chi connectivity index (χ0) is 12.1. The number of nitrogens with zero attached hydrogens (tertiary/aromatic N) is 1. The van der Waals surface area contributed by atoms with Gasteiger partial charge in [-0.1, -0.05) is 31.2 Å². The lowest BCUT2D eigenvalue weighted by atomic mass is 10.0. The lowest BCUT2D eigenvalue weighted by molar-refractivity contribution is 0.622. The van der Waals surface area contributed by atoms with Crippen molar-refractivity contribution >= 4 is 0 Å². The van der Waals surface area contributed by atoms with Crippen LogP contribution < -0.4 is 5.32 Å². The molecule has 3 heteroatoms. The number of pyridine rings is 1. The SMILES string of the molecule is CCNCc1ccccc1-c1cncc(F)c1. The zero-order valence-corrected chi connectivity index (χ0v) is 9.78. The number of benzene rings is 1. The summed E-state index contributed by atoms with van der Waals surface area (Å²) in [6, 6.07) is 9.49. The van der Waals surface area contributed by atoms with Crippen LogP contribution in [0.1, 0.15) is 12.5 Å². The molecule has 2 nitrogen and oxygen atoms in total. The Balaban J connectivity index is 2.37. The van der Waals surface area contributed by atoms with Crippen LogP contribution in [0.3, 0.4) is 0 Å². The van der Waals surface area contributed by atoms with Crippen LogP contribution in [0, 0.1) is 5.82 Å². The number of nitrogens with one attached hydrogen (secondary N) is 1. The number of hydrogen-bond acceptors (Lipinski definition) is 2. The molecule has 17 heavy (non-hydrogen) atoms. The van der Waals surface area contributed by atoms with Crippen molar-refractivity contribution in [2.45, 2.75) is 13.5 Å². The summed E-state index contributed by atoms with van der Waals surface area (Å²) in [6.45, 7) is 3.76. The van der Waals surface area contributed by atoms with Gasteiger partial charge in [-0.3, -0.25) is 4.98 Å². The van der Waals surface area contributed by atoms with E-state index in [4.69, 9.17) is 0 Å². The van der Waals surface area contributed by atoms with E-state index in [0.29, 0.717) is 0 Å². The van der Waals surface area contributed by atoms with Gasteiger partial charge >= 0.3 is 0 Å². The molecule has 0 amide bonds. The van der Waals surface area contributed by atoms with E-state index in [1.807, 2.05) is 24.3 Å². The average Bonchev–Trinajstić information content (AvgIpc) is 2.37. The van der Waals surface area contributed by atoms with Gasteiger partial charge in [-0.05, 0) is 23.7 Å². The first kappa shape index (κ1) is 11.7. The van der Waals surface area contributed by atoms with Crippen molar-refractivity contribution < 1.29 is 4.39 Å². The topological polar surface area (TPSA) is 24.9 Å². The highest BCUT2D eigenvalue weighted by Gasteiger charge is 2.05. The van der Waals surface area contributed by atoms with E-state index in [-0.39, 0.29) is 5.82 Å². The maximum atomic E-state index is 13.2. The van der Waals surface area contributed by atoms with Crippen LogP contribution in [-0.4, -0.2) is 11.5 Å². The van der Waals surface area contributed by atoms with E-state index in [9.17, 15) is 4.39 Å².